The Morgan fingerprint density at radius 2 is 1.69 bits per heavy atom. The van der Waals surface area contributed by atoms with Crippen molar-refractivity contribution in [1.82, 2.24) is 14.5 Å². The maximum absolute atomic E-state index is 12.8. The summed E-state index contributed by atoms with van der Waals surface area (Å²) in [7, 11) is -3.51. The van der Waals surface area contributed by atoms with Crippen molar-refractivity contribution in [2.75, 3.05) is 39.4 Å². The van der Waals surface area contributed by atoms with Crippen molar-refractivity contribution in [2.45, 2.75) is 30.3 Å². The van der Waals surface area contributed by atoms with Crippen molar-refractivity contribution in [2.24, 2.45) is 0 Å². The summed E-state index contributed by atoms with van der Waals surface area (Å²) in [5, 5.41) is 5.47. The number of nitrogens with one attached hydrogen (secondary N) is 1. The van der Waals surface area contributed by atoms with Crippen LogP contribution in [0.15, 0.2) is 71.6 Å². The van der Waals surface area contributed by atoms with Gasteiger partial charge in [0, 0.05) is 25.7 Å². The molecule has 2 aliphatic rings. The molecule has 2 saturated heterocycles. The number of ether oxygens (including phenoxy) is 1. The number of carbonyl (C=O) groups is 1. The van der Waals surface area contributed by atoms with Crippen LogP contribution in [0.5, 0.6) is 0 Å². The van der Waals surface area contributed by atoms with Crippen LogP contribution in [0.3, 0.4) is 0 Å². The SMILES string of the molecule is O=C(CN1CCCC1c1cccc2ccccc12)NCc1ccc(S(=O)(=O)N2CCOCC2)cc1. The smallest absolute Gasteiger partial charge is 0.243 e. The molecule has 184 valence electrons. The zero-order valence-electron chi connectivity index (χ0n) is 19.7. The fourth-order valence-electron chi connectivity index (χ4n) is 5.06. The van der Waals surface area contributed by atoms with Gasteiger partial charge in [-0.15, -0.1) is 0 Å². The first-order chi connectivity index (χ1) is 17.0. The molecular formula is C27H31N3O4S. The highest BCUT2D eigenvalue weighted by Crippen LogP contribution is 2.35. The van der Waals surface area contributed by atoms with Crippen LogP contribution in [-0.2, 0) is 26.1 Å². The second kappa shape index (κ2) is 10.5. The zero-order valence-corrected chi connectivity index (χ0v) is 20.5. The van der Waals surface area contributed by atoms with Gasteiger partial charge < -0.3 is 10.1 Å². The molecular weight excluding hydrogens is 462 g/mol. The molecule has 1 unspecified atom stereocenters. The first-order valence-corrected chi connectivity index (χ1v) is 13.6. The Labute approximate surface area is 206 Å². The van der Waals surface area contributed by atoms with Crippen molar-refractivity contribution in [3.8, 4) is 0 Å². The molecule has 0 radical (unpaired) electrons. The average Bonchev–Trinajstić information content (AvgIpc) is 3.35. The molecule has 0 aliphatic carbocycles. The van der Waals surface area contributed by atoms with Gasteiger partial charge in [0.1, 0.15) is 0 Å². The predicted octanol–water partition coefficient (Wildman–Crippen LogP) is 3.31. The Kier molecular flexibility index (Phi) is 7.15. The number of rotatable bonds is 7. The number of likely N-dealkylation sites (tertiary alicyclic amines) is 1. The predicted molar refractivity (Wildman–Crippen MR) is 135 cm³/mol. The van der Waals surface area contributed by atoms with Gasteiger partial charge in [0.05, 0.1) is 24.7 Å². The van der Waals surface area contributed by atoms with Gasteiger partial charge in [-0.05, 0) is 53.4 Å². The third-order valence-corrected chi connectivity index (χ3v) is 8.83. The highest BCUT2D eigenvalue weighted by Gasteiger charge is 2.29. The Bertz CT molecular complexity index is 1280. The van der Waals surface area contributed by atoms with Crippen LogP contribution in [0.2, 0.25) is 0 Å². The van der Waals surface area contributed by atoms with Crippen molar-refractivity contribution < 1.29 is 17.9 Å². The molecule has 2 fully saturated rings. The van der Waals surface area contributed by atoms with Gasteiger partial charge >= 0.3 is 0 Å². The minimum absolute atomic E-state index is 0.0258. The van der Waals surface area contributed by atoms with E-state index in [-0.39, 0.29) is 16.8 Å². The van der Waals surface area contributed by atoms with E-state index in [9.17, 15) is 13.2 Å². The Hall–Kier alpha value is -2.78. The number of carbonyl (C=O) groups excluding carboxylic acids is 1. The van der Waals surface area contributed by atoms with Gasteiger partial charge in [-0.3, -0.25) is 9.69 Å². The Morgan fingerprint density at radius 3 is 2.49 bits per heavy atom. The van der Waals surface area contributed by atoms with Crippen LogP contribution in [0.25, 0.3) is 10.8 Å². The molecule has 2 aliphatic heterocycles. The van der Waals surface area contributed by atoms with Crippen molar-refractivity contribution in [1.29, 1.82) is 0 Å². The maximum Gasteiger partial charge on any atom is 0.243 e. The van der Waals surface area contributed by atoms with E-state index in [1.165, 1.54) is 20.6 Å². The lowest BCUT2D eigenvalue weighted by atomic mass is 9.97. The Balaban J connectivity index is 1.19. The number of amides is 1. The minimum atomic E-state index is -3.51. The lowest BCUT2D eigenvalue weighted by Gasteiger charge is -2.26. The normalized spacial score (nSPS) is 19.7. The van der Waals surface area contributed by atoms with Crippen LogP contribution < -0.4 is 5.32 Å². The quantitative estimate of drug-likeness (QED) is 0.546. The molecule has 0 saturated carbocycles. The van der Waals surface area contributed by atoms with Crippen molar-refractivity contribution >= 4 is 26.7 Å². The Morgan fingerprint density at radius 1 is 0.943 bits per heavy atom. The van der Waals surface area contributed by atoms with E-state index >= 15 is 0 Å². The zero-order chi connectivity index (χ0) is 24.3. The molecule has 1 atom stereocenters. The molecule has 3 aromatic rings. The summed E-state index contributed by atoms with van der Waals surface area (Å²) in [5.41, 5.74) is 2.15. The third kappa shape index (κ3) is 5.26. The molecule has 35 heavy (non-hydrogen) atoms. The molecule has 1 N–H and O–H groups in total. The van der Waals surface area contributed by atoms with Crippen molar-refractivity contribution in [3.05, 3.63) is 77.9 Å². The van der Waals surface area contributed by atoms with E-state index in [2.05, 4.69) is 52.7 Å². The number of sulfonamides is 1. The summed E-state index contributed by atoms with van der Waals surface area (Å²) in [6.07, 6.45) is 2.11. The lowest BCUT2D eigenvalue weighted by molar-refractivity contribution is -0.122. The van der Waals surface area contributed by atoms with Gasteiger partial charge in [0.25, 0.3) is 0 Å². The molecule has 3 aromatic carbocycles. The topological polar surface area (TPSA) is 79.0 Å². The molecule has 0 spiro atoms. The molecule has 2 heterocycles. The van der Waals surface area contributed by atoms with E-state index < -0.39 is 10.0 Å². The molecule has 7 nitrogen and oxygen atoms in total. The van der Waals surface area contributed by atoms with Gasteiger partial charge in [-0.1, -0.05) is 54.6 Å². The standard InChI is InChI=1S/C27H31N3O4S/c31-27(20-29-14-4-9-26(29)25-8-3-6-22-5-1-2-7-24(22)25)28-19-21-10-12-23(13-11-21)35(32,33)30-15-17-34-18-16-30/h1-3,5-8,10-13,26H,4,9,14-20H2,(H,28,31). The molecule has 1 amide bonds. The van der Waals surface area contributed by atoms with E-state index in [1.54, 1.807) is 24.3 Å². The lowest BCUT2D eigenvalue weighted by Crippen LogP contribution is -2.40. The number of morpholine rings is 1. The van der Waals surface area contributed by atoms with E-state index in [4.69, 9.17) is 4.74 Å². The monoisotopic (exact) mass is 493 g/mol. The number of hydrogen-bond donors (Lipinski definition) is 1. The van der Waals surface area contributed by atoms with Crippen LogP contribution in [0.4, 0.5) is 0 Å². The first-order valence-electron chi connectivity index (χ1n) is 12.2. The fourth-order valence-corrected chi connectivity index (χ4v) is 6.47. The fraction of sp³-hybridized carbons (Fsp3) is 0.370. The van der Waals surface area contributed by atoms with Gasteiger partial charge in [-0.25, -0.2) is 8.42 Å². The summed E-state index contributed by atoms with van der Waals surface area (Å²) in [6.45, 7) is 3.19. The van der Waals surface area contributed by atoms with Crippen LogP contribution in [0, 0.1) is 0 Å². The molecule has 5 rings (SSSR count). The number of fused-ring (bicyclic) bond motifs is 1. The summed E-state index contributed by atoms with van der Waals surface area (Å²) >= 11 is 0. The summed E-state index contributed by atoms with van der Waals surface area (Å²) < 4.78 is 32.3. The van der Waals surface area contributed by atoms with Crippen LogP contribution in [0.1, 0.15) is 30.0 Å². The highest BCUT2D eigenvalue weighted by atomic mass is 32.2. The second-order valence-corrected chi connectivity index (χ2v) is 11.1. The van der Waals surface area contributed by atoms with E-state index in [0.717, 1.165) is 24.9 Å². The molecule has 0 bridgehead atoms. The van der Waals surface area contributed by atoms with E-state index in [0.29, 0.717) is 39.4 Å². The second-order valence-electron chi connectivity index (χ2n) is 9.13. The van der Waals surface area contributed by atoms with Crippen LogP contribution in [-0.4, -0.2) is 62.9 Å². The number of hydrogen-bond acceptors (Lipinski definition) is 5. The minimum Gasteiger partial charge on any atom is -0.379 e. The van der Waals surface area contributed by atoms with Gasteiger partial charge in [0.2, 0.25) is 15.9 Å². The summed E-state index contributed by atoms with van der Waals surface area (Å²) in [4.78, 5) is 15.3. The largest absolute Gasteiger partial charge is 0.379 e. The maximum atomic E-state index is 12.8. The number of nitrogens with zero attached hydrogens (tertiary/aromatic N) is 2. The highest BCUT2D eigenvalue weighted by molar-refractivity contribution is 7.89. The first kappa shape index (κ1) is 23.9. The van der Waals surface area contributed by atoms with Crippen molar-refractivity contribution in [3.63, 3.8) is 0 Å². The number of benzene rings is 3. The van der Waals surface area contributed by atoms with Gasteiger partial charge in [-0.2, -0.15) is 4.31 Å². The van der Waals surface area contributed by atoms with Gasteiger partial charge in [0.15, 0.2) is 0 Å². The third-order valence-electron chi connectivity index (χ3n) is 6.91. The summed E-state index contributed by atoms with van der Waals surface area (Å²) in [6, 6.07) is 21.8. The average molecular weight is 494 g/mol. The van der Waals surface area contributed by atoms with Crippen LogP contribution >= 0.6 is 0 Å². The summed E-state index contributed by atoms with van der Waals surface area (Å²) in [5.74, 6) is -0.0258. The molecule has 0 aromatic heterocycles. The molecule has 8 heteroatoms. The van der Waals surface area contributed by atoms with E-state index in [1.807, 2.05) is 0 Å².